The van der Waals surface area contributed by atoms with Crippen LogP contribution in [-0.2, 0) is 13.1 Å². The molecule has 0 atom stereocenters. The fourth-order valence-corrected chi connectivity index (χ4v) is 3.04. The van der Waals surface area contributed by atoms with Gasteiger partial charge in [-0.25, -0.2) is 0 Å². The molecule has 26 heavy (non-hydrogen) atoms. The molecule has 1 heterocycles. The molecule has 5 nitrogen and oxygen atoms in total. The van der Waals surface area contributed by atoms with Crippen molar-refractivity contribution in [2.24, 2.45) is 4.99 Å². The van der Waals surface area contributed by atoms with Crippen molar-refractivity contribution >= 4 is 41.7 Å². The van der Waals surface area contributed by atoms with Gasteiger partial charge in [0.05, 0.1) is 12.2 Å². The van der Waals surface area contributed by atoms with E-state index in [1.54, 1.807) is 18.8 Å². The van der Waals surface area contributed by atoms with E-state index in [1.165, 1.54) is 10.5 Å². The Labute approximate surface area is 177 Å². The summed E-state index contributed by atoms with van der Waals surface area (Å²) in [6, 6.07) is 10.6. The fourth-order valence-electron chi connectivity index (χ4n) is 2.63. The largest absolute Gasteiger partial charge is 0.359 e. The first-order chi connectivity index (χ1) is 12.2. The first-order valence-corrected chi connectivity index (χ1v) is 9.95. The molecule has 0 radical (unpaired) electrons. The minimum Gasteiger partial charge on any atom is -0.359 e. The van der Waals surface area contributed by atoms with Crippen LogP contribution >= 0.6 is 35.7 Å². The second kappa shape index (κ2) is 12.2. The van der Waals surface area contributed by atoms with Gasteiger partial charge in [-0.05, 0) is 36.8 Å². The third-order valence-electron chi connectivity index (χ3n) is 4.25. The highest BCUT2D eigenvalue weighted by molar-refractivity contribution is 14.0. The number of nitrogens with zero attached hydrogens (tertiary/aromatic N) is 2. The van der Waals surface area contributed by atoms with Crippen LogP contribution in [-0.4, -0.2) is 24.4 Å². The molecule has 0 spiro atoms. The Hall–Kier alpha value is -1.22. The van der Waals surface area contributed by atoms with Crippen molar-refractivity contribution in [2.45, 2.75) is 50.6 Å². The molecular formula is C19H29IN4OS. The predicted molar refractivity (Wildman–Crippen MR) is 121 cm³/mol. The summed E-state index contributed by atoms with van der Waals surface area (Å²) in [6.07, 6.45) is 4.24. The lowest BCUT2D eigenvalue weighted by atomic mass is 9.99. The molecule has 0 aliphatic carbocycles. The summed E-state index contributed by atoms with van der Waals surface area (Å²) in [5.74, 6) is 2.04. The van der Waals surface area contributed by atoms with Gasteiger partial charge in [-0.2, -0.15) is 0 Å². The Morgan fingerprint density at radius 2 is 1.81 bits per heavy atom. The summed E-state index contributed by atoms with van der Waals surface area (Å²) in [5, 5.41) is 10.8. The second-order valence-corrected chi connectivity index (χ2v) is 6.74. The van der Waals surface area contributed by atoms with E-state index in [0.717, 1.165) is 36.8 Å². The van der Waals surface area contributed by atoms with Gasteiger partial charge in [-0.15, -0.1) is 35.7 Å². The summed E-state index contributed by atoms with van der Waals surface area (Å²) in [5.41, 5.74) is 2.26. The molecule has 0 fully saturated rings. The molecule has 1 aromatic heterocycles. The zero-order chi connectivity index (χ0) is 18.1. The summed E-state index contributed by atoms with van der Waals surface area (Å²) in [7, 11) is 1.77. The van der Waals surface area contributed by atoms with Crippen molar-refractivity contribution in [3.8, 4) is 0 Å². The van der Waals surface area contributed by atoms with Crippen molar-refractivity contribution in [3.05, 3.63) is 47.3 Å². The molecule has 0 aliphatic heterocycles. The lowest BCUT2D eigenvalue weighted by Crippen LogP contribution is -2.36. The maximum absolute atomic E-state index is 5.43. The van der Waals surface area contributed by atoms with Crippen molar-refractivity contribution in [1.29, 1.82) is 0 Å². The van der Waals surface area contributed by atoms with Gasteiger partial charge < -0.3 is 15.2 Å². The number of aromatic nitrogens is 1. The molecule has 0 saturated heterocycles. The van der Waals surface area contributed by atoms with Gasteiger partial charge in [0, 0.05) is 30.5 Å². The van der Waals surface area contributed by atoms with Crippen molar-refractivity contribution < 1.29 is 4.52 Å². The van der Waals surface area contributed by atoms with Crippen LogP contribution in [0, 0.1) is 0 Å². The van der Waals surface area contributed by atoms with E-state index in [0.29, 0.717) is 12.5 Å². The lowest BCUT2D eigenvalue weighted by molar-refractivity contribution is 0.368. The van der Waals surface area contributed by atoms with Crippen molar-refractivity contribution in [1.82, 2.24) is 15.8 Å². The molecule has 1 aromatic carbocycles. The number of nitrogens with one attached hydrogen (secondary N) is 2. The van der Waals surface area contributed by atoms with Crippen molar-refractivity contribution in [2.75, 3.05) is 13.3 Å². The first kappa shape index (κ1) is 22.8. The van der Waals surface area contributed by atoms with E-state index in [-0.39, 0.29) is 24.0 Å². The molecule has 2 aromatic rings. The number of hydrogen-bond acceptors (Lipinski definition) is 4. The van der Waals surface area contributed by atoms with Crippen LogP contribution in [0.4, 0.5) is 0 Å². The van der Waals surface area contributed by atoms with Crippen molar-refractivity contribution in [3.63, 3.8) is 0 Å². The van der Waals surface area contributed by atoms with Gasteiger partial charge in [0.2, 0.25) is 0 Å². The predicted octanol–water partition coefficient (Wildman–Crippen LogP) is 4.78. The molecule has 0 unspecified atom stereocenters. The van der Waals surface area contributed by atoms with Gasteiger partial charge >= 0.3 is 0 Å². The highest BCUT2D eigenvalue weighted by atomic mass is 127. The summed E-state index contributed by atoms with van der Waals surface area (Å²) >= 11 is 1.75. The van der Waals surface area contributed by atoms with Crippen LogP contribution in [0.2, 0.25) is 0 Å². The average molecular weight is 488 g/mol. The Balaban J connectivity index is 0.00000338. The van der Waals surface area contributed by atoms with Crippen LogP contribution < -0.4 is 10.6 Å². The minimum absolute atomic E-state index is 0. The Morgan fingerprint density at radius 3 is 2.38 bits per heavy atom. The molecule has 2 rings (SSSR count). The van der Waals surface area contributed by atoms with Crippen LogP contribution in [0.25, 0.3) is 0 Å². The van der Waals surface area contributed by atoms with Gasteiger partial charge in [0.15, 0.2) is 11.7 Å². The van der Waals surface area contributed by atoms with Gasteiger partial charge in [0.25, 0.3) is 0 Å². The monoisotopic (exact) mass is 488 g/mol. The maximum atomic E-state index is 5.43. The highest BCUT2D eigenvalue weighted by Crippen LogP contribution is 2.22. The zero-order valence-corrected chi connectivity index (χ0v) is 19.1. The molecule has 2 N–H and O–H groups in total. The number of halogens is 1. The standard InChI is InChI=1S/C19H28N4OS.HI/c1-5-15(6-2)18-11-16(24-23-18)13-22-19(20-3)21-12-14-7-9-17(25-4)10-8-14;/h7-11,15H,5-6,12-13H2,1-4H3,(H2,20,21,22);1H. The molecule has 0 amide bonds. The number of guanidine groups is 1. The van der Waals surface area contributed by atoms with E-state index in [4.69, 9.17) is 4.52 Å². The summed E-state index contributed by atoms with van der Waals surface area (Å²) in [4.78, 5) is 5.52. The fraction of sp³-hybridized carbons (Fsp3) is 0.474. The first-order valence-electron chi connectivity index (χ1n) is 8.73. The van der Waals surface area contributed by atoms with E-state index < -0.39 is 0 Å². The molecule has 0 saturated carbocycles. The third kappa shape index (κ3) is 6.83. The number of thioether (sulfide) groups is 1. The SMILES string of the molecule is CCC(CC)c1cc(CNC(=NC)NCc2ccc(SC)cc2)on1.I. The van der Waals surface area contributed by atoms with Crippen LogP contribution in [0.5, 0.6) is 0 Å². The average Bonchev–Trinajstić information content (AvgIpc) is 3.12. The number of aliphatic imine (C=N–C) groups is 1. The minimum atomic E-state index is 0. The number of benzene rings is 1. The molecule has 0 bridgehead atoms. The highest BCUT2D eigenvalue weighted by Gasteiger charge is 2.13. The topological polar surface area (TPSA) is 62.5 Å². The summed E-state index contributed by atoms with van der Waals surface area (Å²) in [6.45, 7) is 5.65. The van der Waals surface area contributed by atoms with Crippen LogP contribution in [0.3, 0.4) is 0 Å². The third-order valence-corrected chi connectivity index (χ3v) is 5.00. The Morgan fingerprint density at radius 1 is 1.15 bits per heavy atom. The lowest BCUT2D eigenvalue weighted by Gasteiger charge is -2.11. The van der Waals surface area contributed by atoms with Crippen LogP contribution in [0.1, 0.15) is 49.6 Å². The van der Waals surface area contributed by atoms with E-state index in [2.05, 4.69) is 65.2 Å². The Kier molecular flexibility index (Phi) is 10.7. The maximum Gasteiger partial charge on any atom is 0.191 e. The molecule has 144 valence electrons. The smallest absolute Gasteiger partial charge is 0.191 e. The van der Waals surface area contributed by atoms with Gasteiger partial charge in [-0.1, -0.05) is 31.1 Å². The van der Waals surface area contributed by atoms with Gasteiger partial charge in [-0.3, -0.25) is 4.99 Å². The number of hydrogen-bond donors (Lipinski definition) is 2. The normalized spacial score (nSPS) is 11.3. The van der Waals surface area contributed by atoms with Gasteiger partial charge in [0.1, 0.15) is 0 Å². The van der Waals surface area contributed by atoms with E-state index in [9.17, 15) is 0 Å². The van der Waals surface area contributed by atoms with E-state index in [1.807, 2.05) is 6.07 Å². The molecular weight excluding hydrogens is 459 g/mol. The summed E-state index contributed by atoms with van der Waals surface area (Å²) < 4.78 is 5.43. The quantitative estimate of drug-likeness (QED) is 0.242. The molecule has 7 heteroatoms. The van der Waals surface area contributed by atoms with E-state index >= 15 is 0 Å². The number of rotatable bonds is 8. The second-order valence-electron chi connectivity index (χ2n) is 5.86. The van der Waals surface area contributed by atoms with Crippen LogP contribution in [0.15, 0.2) is 44.7 Å². The zero-order valence-electron chi connectivity index (χ0n) is 15.9. The molecule has 0 aliphatic rings. The Bertz CT molecular complexity index is 668.